The molecule has 4 heteroatoms. The van der Waals surface area contributed by atoms with Crippen LogP contribution in [0.5, 0.6) is 5.75 Å². The Morgan fingerprint density at radius 1 is 1.15 bits per heavy atom. The highest BCUT2D eigenvalue weighted by Gasteiger charge is 2.23. The fourth-order valence-corrected chi connectivity index (χ4v) is 2.57. The van der Waals surface area contributed by atoms with Gasteiger partial charge >= 0.3 is 0 Å². The van der Waals surface area contributed by atoms with E-state index in [1.807, 2.05) is 18.2 Å². The molecule has 1 heterocycles. The van der Waals surface area contributed by atoms with E-state index in [1.165, 1.54) is 6.07 Å². The zero-order valence-corrected chi connectivity index (χ0v) is 11.1. The molecule has 3 rings (SSSR count). The number of ether oxygens (including phenoxy) is 1. The zero-order chi connectivity index (χ0) is 14.3. The maximum absolute atomic E-state index is 14.0. The van der Waals surface area contributed by atoms with Gasteiger partial charge in [0.2, 0.25) is 0 Å². The van der Waals surface area contributed by atoms with Crippen LogP contribution in [0, 0.1) is 18.6 Å². The summed E-state index contributed by atoms with van der Waals surface area (Å²) < 4.78 is 32.9. The van der Waals surface area contributed by atoms with Gasteiger partial charge in [0.1, 0.15) is 17.4 Å². The van der Waals surface area contributed by atoms with Crippen LogP contribution in [0.3, 0.4) is 0 Å². The van der Waals surface area contributed by atoms with Crippen LogP contribution < -0.4 is 10.5 Å². The molecular weight excluding hydrogens is 260 g/mol. The van der Waals surface area contributed by atoms with Gasteiger partial charge in [-0.05, 0) is 24.1 Å². The monoisotopic (exact) mass is 275 g/mol. The molecular formula is C16H15F2NO. The Morgan fingerprint density at radius 3 is 2.75 bits per heavy atom. The first-order valence-electron chi connectivity index (χ1n) is 6.53. The van der Waals surface area contributed by atoms with Gasteiger partial charge in [-0.2, -0.15) is 0 Å². The van der Waals surface area contributed by atoms with Crippen LogP contribution in [0.2, 0.25) is 0 Å². The molecule has 0 amide bonds. The Bertz CT molecular complexity index is 670. The molecule has 0 radical (unpaired) electrons. The summed E-state index contributed by atoms with van der Waals surface area (Å²) in [6.07, 6.45) is 0.834. The van der Waals surface area contributed by atoms with Crippen LogP contribution >= 0.6 is 0 Å². The summed E-state index contributed by atoms with van der Waals surface area (Å²) in [7, 11) is 0. The van der Waals surface area contributed by atoms with Crippen molar-refractivity contribution in [3.63, 3.8) is 0 Å². The van der Waals surface area contributed by atoms with Crippen LogP contribution in [0.1, 0.15) is 28.3 Å². The molecule has 1 atom stereocenters. The summed E-state index contributed by atoms with van der Waals surface area (Å²) in [5.74, 6) is -0.453. The number of nitrogens with two attached hydrogens (primary N) is 1. The van der Waals surface area contributed by atoms with Gasteiger partial charge in [-0.3, -0.25) is 0 Å². The summed E-state index contributed by atoms with van der Waals surface area (Å²) in [4.78, 5) is 0. The van der Waals surface area contributed by atoms with E-state index in [-0.39, 0.29) is 5.56 Å². The number of fused-ring (bicyclic) bond motifs is 1. The SMILES string of the molecule is Cc1cc(C(N)c2cccc3c2OCC3)c(F)cc1F. The lowest BCUT2D eigenvalue weighted by Crippen LogP contribution is -2.15. The van der Waals surface area contributed by atoms with Gasteiger partial charge in [0, 0.05) is 23.6 Å². The molecule has 0 aromatic heterocycles. The molecule has 2 N–H and O–H groups in total. The Kier molecular flexibility index (Phi) is 3.18. The van der Waals surface area contributed by atoms with Gasteiger partial charge in [0.25, 0.3) is 0 Å². The van der Waals surface area contributed by atoms with Crippen molar-refractivity contribution in [2.24, 2.45) is 5.73 Å². The summed E-state index contributed by atoms with van der Waals surface area (Å²) in [6.45, 7) is 2.21. The second-order valence-electron chi connectivity index (χ2n) is 5.03. The minimum absolute atomic E-state index is 0.285. The van der Waals surface area contributed by atoms with E-state index in [0.29, 0.717) is 12.2 Å². The zero-order valence-electron chi connectivity index (χ0n) is 11.1. The molecule has 0 aliphatic carbocycles. The van der Waals surface area contributed by atoms with Gasteiger partial charge in [-0.15, -0.1) is 0 Å². The van der Waals surface area contributed by atoms with E-state index >= 15 is 0 Å². The molecule has 20 heavy (non-hydrogen) atoms. The largest absolute Gasteiger partial charge is 0.493 e. The third kappa shape index (κ3) is 2.06. The van der Waals surface area contributed by atoms with E-state index in [0.717, 1.165) is 29.4 Å². The number of rotatable bonds is 2. The molecule has 2 aromatic carbocycles. The fraction of sp³-hybridized carbons (Fsp3) is 0.250. The first-order valence-corrected chi connectivity index (χ1v) is 6.53. The van der Waals surface area contributed by atoms with E-state index in [9.17, 15) is 8.78 Å². The Labute approximate surface area is 116 Å². The van der Waals surface area contributed by atoms with Crippen LogP contribution in [0.15, 0.2) is 30.3 Å². The maximum Gasteiger partial charge on any atom is 0.131 e. The molecule has 2 nitrogen and oxygen atoms in total. The molecule has 1 aliphatic rings. The van der Waals surface area contributed by atoms with Gasteiger partial charge in [-0.25, -0.2) is 8.78 Å². The lowest BCUT2D eigenvalue weighted by molar-refractivity contribution is 0.352. The topological polar surface area (TPSA) is 35.2 Å². The average molecular weight is 275 g/mol. The van der Waals surface area contributed by atoms with E-state index in [2.05, 4.69) is 0 Å². The van der Waals surface area contributed by atoms with Gasteiger partial charge < -0.3 is 10.5 Å². The summed E-state index contributed by atoms with van der Waals surface area (Å²) in [5, 5.41) is 0. The third-order valence-electron chi connectivity index (χ3n) is 3.69. The van der Waals surface area contributed by atoms with E-state index < -0.39 is 17.7 Å². The molecule has 0 spiro atoms. The maximum atomic E-state index is 14.0. The van der Waals surface area contributed by atoms with Gasteiger partial charge in [-0.1, -0.05) is 18.2 Å². The third-order valence-corrected chi connectivity index (χ3v) is 3.69. The molecule has 104 valence electrons. The van der Waals surface area contributed by atoms with Crippen molar-refractivity contribution < 1.29 is 13.5 Å². The predicted octanol–water partition coefficient (Wildman–Crippen LogP) is 3.26. The number of hydrogen-bond donors (Lipinski definition) is 1. The highest BCUT2D eigenvalue weighted by Crippen LogP contribution is 2.36. The highest BCUT2D eigenvalue weighted by atomic mass is 19.1. The van der Waals surface area contributed by atoms with Crippen molar-refractivity contribution in [2.45, 2.75) is 19.4 Å². The first-order chi connectivity index (χ1) is 9.58. The van der Waals surface area contributed by atoms with Crippen molar-refractivity contribution in [3.8, 4) is 5.75 Å². The standard InChI is InChI=1S/C16H15F2NO/c1-9-7-12(14(18)8-13(9)17)15(19)11-4-2-3-10-5-6-20-16(10)11/h2-4,7-8,15H,5-6,19H2,1H3. The Balaban J connectivity index is 2.08. The van der Waals surface area contributed by atoms with E-state index in [4.69, 9.17) is 10.5 Å². The molecule has 0 fully saturated rings. The quantitative estimate of drug-likeness (QED) is 0.913. The lowest BCUT2D eigenvalue weighted by Gasteiger charge is -2.17. The second-order valence-corrected chi connectivity index (χ2v) is 5.03. The number of aryl methyl sites for hydroxylation is 1. The first kappa shape index (κ1) is 13.1. The minimum Gasteiger partial charge on any atom is -0.493 e. The second kappa shape index (κ2) is 4.87. The van der Waals surface area contributed by atoms with Crippen molar-refractivity contribution in [1.82, 2.24) is 0 Å². The lowest BCUT2D eigenvalue weighted by atomic mass is 9.95. The molecule has 0 saturated heterocycles. The molecule has 2 aromatic rings. The molecule has 0 bridgehead atoms. The number of benzene rings is 2. The van der Waals surface area contributed by atoms with Crippen molar-refractivity contribution in [1.29, 1.82) is 0 Å². The summed E-state index contributed by atoms with van der Waals surface area (Å²) >= 11 is 0. The molecule has 1 unspecified atom stereocenters. The minimum atomic E-state index is -0.664. The van der Waals surface area contributed by atoms with E-state index in [1.54, 1.807) is 6.92 Å². The number of halogens is 2. The van der Waals surface area contributed by atoms with Gasteiger partial charge in [0.15, 0.2) is 0 Å². The van der Waals surface area contributed by atoms with Gasteiger partial charge in [0.05, 0.1) is 12.6 Å². The number of hydrogen-bond acceptors (Lipinski definition) is 2. The smallest absolute Gasteiger partial charge is 0.131 e. The molecule has 0 saturated carbocycles. The normalized spacial score (nSPS) is 14.8. The highest BCUT2D eigenvalue weighted by molar-refractivity contribution is 5.49. The fourth-order valence-electron chi connectivity index (χ4n) is 2.57. The average Bonchev–Trinajstić information content (AvgIpc) is 2.90. The Morgan fingerprint density at radius 2 is 1.95 bits per heavy atom. The van der Waals surface area contributed by atoms with Crippen molar-refractivity contribution in [2.75, 3.05) is 6.61 Å². The van der Waals surface area contributed by atoms with Crippen LogP contribution in [-0.2, 0) is 6.42 Å². The van der Waals surface area contributed by atoms with Crippen LogP contribution in [0.25, 0.3) is 0 Å². The predicted molar refractivity (Wildman–Crippen MR) is 72.8 cm³/mol. The van der Waals surface area contributed by atoms with Crippen molar-refractivity contribution >= 4 is 0 Å². The van der Waals surface area contributed by atoms with Crippen LogP contribution in [0.4, 0.5) is 8.78 Å². The van der Waals surface area contributed by atoms with Crippen LogP contribution in [-0.4, -0.2) is 6.61 Å². The Hall–Kier alpha value is -1.94. The number of para-hydroxylation sites is 1. The summed E-state index contributed by atoms with van der Waals surface area (Å²) in [5.41, 5.74) is 8.65. The summed E-state index contributed by atoms with van der Waals surface area (Å²) in [6, 6.07) is 7.37. The van der Waals surface area contributed by atoms with Crippen molar-refractivity contribution in [3.05, 3.63) is 64.2 Å². The molecule has 1 aliphatic heterocycles.